The number of aryl methyl sites for hydroxylation is 1. The van der Waals surface area contributed by atoms with Gasteiger partial charge >= 0.3 is 0 Å². The Labute approximate surface area is 100 Å². The molecule has 0 bridgehead atoms. The van der Waals surface area contributed by atoms with Crippen molar-refractivity contribution in [3.63, 3.8) is 0 Å². The summed E-state index contributed by atoms with van der Waals surface area (Å²) in [5.41, 5.74) is 1.16. The third-order valence-corrected chi connectivity index (χ3v) is 2.49. The van der Waals surface area contributed by atoms with Crippen LogP contribution in [0.5, 0.6) is 0 Å². The molecule has 2 rings (SSSR count). The smallest absolute Gasteiger partial charge is 0.146 e. The number of hydrogen-bond acceptors (Lipinski definition) is 2. The first-order chi connectivity index (χ1) is 7.84. The Bertz CT molecular complexity index is 425. The lowest BCUT2D eigenvalue weighted by molar-refractivity contribution is 0.661. The zero-order valence-corrected chi connectivity index (χ0v) is 9.69. The summed E-state index contributed by atoms with van der Waals surface area (Å²) in [4.78, 5) is 3.96. The zero-order valence-electron chi connectivity index (χ0n) is 8.94. The molecule has 0 aliphatic heterocycles. The predicted molar refractivity (Wildman–Crippen MR) is 66.8 cm³/mol. The van der Waals surface area contributed by atoms with Crippen LogP contribution in [0.2, 0.25) is 5.15 Å². The van der Waals surface area contributed by atoms with Crippen molar-refractivity contribution in [1.29, 1.82) is 0 Å². The van der Waals surface area contributed by atoms with E-state index in [9.17, 15) is 0 Å². The zero-order chi connectivity index (χ0) is 11.2. The Morgan fingerprint density at radius 2 is 2.06 bits per heavy atom. The van der Waals surface area contributed by atoms with Crippen LogP contribution in [-0.2, 0) is 6.54 Å². The molecular weight excluding hydrogens is 222 g/mol. The lowest BCUT2D eigenvalue weighted by Crippen LogP contribution is -2.05. The van der Waals surface area contributed by atoms with Gasteiger partial charge in [-0.2, -0.15) is 0 Å². The number of aromatic nitrogens is 2. The Morgan fingerprint density at radius 1 is 1.25 bits per heavy atom. The van der Waals surface area contributed by atoms with E-state index in [4.69, 9.17) is 11.6 Å². The van der Waals surface area contributed by atoms with Crippen LogP contribution in [0.15, 0.2) is 42.9 Å². The van der Waals surface area contributed by atoms with Gasteiger partial charge in [-0.15, -0.1) is 0 Å². The van der Waals surface area contributed by atoms with Gasteiger partial charge in [-0.05, 0) is 18.6 Å². The van der Waals surface area contributed by atoms with Crippen LogP contribution in [0.3, 0.4) is 0 Å². The summed E-state index contributed by atoms with van der Waals surface area (Å²) in [6, 6.07) is 10.2. The molecule has 0 spiro atoms. The van der Waals surface area contributed by atoms with Crippen molar-refractivity contribution in [2.75, 3.05) is 11.9 Å². The van der Waals surface area contributed by atoms with Crippen molar-refractivity contribution in [1.82, 2.24) is 9.55 Å². The standard InChI is InChI=1S/C12H14ClN3/c13-12-9-16(10-15-12)8-4-7-14-11-5-2-1-3-6-11/h1-3,5-6,9-10,14H,4,7-8H2. The fourth-order valence-corrected chi connectivity index (χ4v) is 1.67. The van der Waals surface area contributed by atoms with Crippen LogP contribution in [0.1, 0.15) is 6.42 Å². The van der Waals surface area contributed by atoms with Crippen molar-refractivity contribution in [2.24, 2.45) is 0 Å². The highest BCUT2D eigenvalue weighted by Crippen LogP contribution is 2.06. The monoisotopic (exact) mass is 235 g/mol. The quantitative estimate of drug-likeness (QED) is 0.808. The van der Waals surface area contributed by atoms with Gasteiger partial charge in [0.1, 0.15) is 5.15 Å². The highest BCUT2D eigenvalue weighted by molar-refractivity contribution is 6.29. The van der Waals surface area contributed by atoms with E-state index < -0.39 is 0 Å². The fourth-order valence-electron chi connectivity index (χ4n) is 1.51. The van der Waals surface area contributed by atoms with Crippen LogP contribution in [-0.4, -0.2) is 16.1 Å². The maximum absolute atomic E-state index is 5.72. The maximum atomic E-state index is 5.72. The molecule has 0 radical (unpaired) electrons. The average Bonchev–Trinajstić information content (AvgIpc) is 2.72. The topological polar surface area (TPSA) is 29.9 Å². The molecule has 0 atom stereocenters. The first kappa shape index (κ1) is 11.0. The van der Waals surface area contributed by atoms with Gasteiger partial charge in [-0.25, -0.2) is 4.98 Å². The van der Waals surface area contributed by atoms with Gasteiger partial charge < -0.3 is 9.88 Å². The third kappa shape index (κ3) is 3.28. The van der Waals surface area contributed by atoms with Crippen LogP contribution in [0.4, 0.5) is 5.69 Å². The molecule has 0 aliphatic rings. The van der Waals surface area contributed by atoms with Gasteiger partial charge in [-0.1, -0.05) is 29.8 Å². The van der Waals surface area contributed by atoms with E-state index in [0.29, 0.717) is 5.15 Å². The van der Waals surface area contributed by atoms with E-state index in [1.54, 1.807) is 6.33 Å². The Morgan fingerprint density at radius 3 is 2.75 bits per heavy atom. The normalized spacial score (nSPS) is 10.3. The molecule has 0 fully saturated rings. The number of benzene rings is 1. The molecule has 1 N–H and O–H groups in total. The Balaban J connectivity index is 1.69. The highest BCUT2D eigenvalue weighted by atomic mass is 35.5. The van der Waals surface area contributed by atoms with Crippen LogP contribution < -0.4 is 5.32 Å². The van der Waals surface area contributed by atoms with E-state index in [0.717, 1.165) is 25.2 Å². The second-order valence-corrected chi connectivity index (χ2v) is 3.97. The summed E-state index contributed by atoms with van der Waals surface area (Å²) in [5.74, 6) is 0. The largest absolute Gasteiger partial charge is 0.385 e. The van der Waals surface area contributed by atoms with Crippen molar-refractivity contribution >= 4 is 17.3 Å². The number of anilines is 1. The second kappa shape index (κ2) is 5.56. The molecule has 1 aromatic carbocycles. The van der Waals surface area contributed by atoms with Gasteiger partial charge in [0.15, 0.2) is 0 Å². The van der Waals surface area contributed by atoms with Gasteiger partial charge in [0.25, 0.3) is 0 Å². The number of halogens is 1. The molecule has 0 aliphatic carbocycles. The van der Waals surface area contributed by atoms with Crippen molar-refractivity contribution < 1.29 is 0 Å². The first-order valence-electron chi connectivity index (χ1n) is 5.31. The lowest BCUT2D eigenvalue weighted by Gasteiger charge is -2.06. The summed E-state index contributed by atoms with van der Waals surface area (Å²) >= 11 is 5.72. The number of imidazole rings is 1. The number of nitrogens with zero attached hydrogens (tertiary/aromatic N) is 2. The van der Waals surface area contributed by atoms with E-state index in [2.05, 4.69) is 22.4 Å². The minimum atomic E-state index is 0.552. The van der Waals surface area contributed by atoms with E-state index >= 15 is 0 Å². The first-order valence-corrected chi connectivity index (χ1v) is 5.68. The van der Waals surface area contributed by atoms with E-state index in [1.807, 2.05) is 29.0 Å². The molecule has 0 amide bonds. The average molecular weight is 236 g/mol. The third-order valence-electron chi connectivity index (χ3n) is 2.30. The lowest BCUT2D eigenvalue weighted by atomic mass is 10.3. The van der Waals surface area contributed by atoms with Crippen molar-refractivity contribution in [3.8, 4) is 0 Å². The predicted octanol–water partition coefficient (Wildman–Crippen LogP) is 3.04. The molecule has 0 saturated heterocycles. The minimum Gasteiger partial charge on any atom is -0.385 e. The SMILES string of the molecule is Clc1cn(CCCNc2ccccc2)cn1. The maximum Gasteiger partial charge on any atom is 0.146 e. The molecule has 0 saturated carbocycles. The highest BCUT2D eigenvalue weighted by Gasteiger charge is 1.94. The molecule has 0 unspecified atom stereocenters. The summed E-state index contributed by atoms with van der Waals surface area (Å²) < 4.78 is 2.00. The molecule has 1 aromatic heterocycles. The van der Waals surface area contributed by atoms with Crippen molar-refractivity contribution in [2.45, 2.75) is 13.0 Å². The van der Waals surface area contributed by atoms with Gasteiger partial charge in [0, 0.05) is 25.0 Å². The van der Waals surface area contributed by atoms with E-state index in [-0.39, 0.29) is 0 Å². The summed E-state index contributed by atoms with van der Waals surface area (Å²) in [7, 11) is 0. The Kier molecular flexibility index (Phi) is 3.83. The van der Waals surface area contributed by atoms with E-state index in [1.165, 1.54) is 0 Å². The number of nitrogens with one attached hydrogen (secondary N) is 1. The fraction of sp³-hybridized carbons (Fsp3) is 0.250. The Hall–Kier alpha value is -1.48. The number of rotatable bonds is 5. The van der Waals surface area contributed by atoms with Crippen molar-refractivity contribution in [3.05, 3.63) is 48.0 Å². The van der Waals surface area contributed by atoms with Crippen LogP contribution in [0, 0.1) is 0 Å². The van der Waals surface area contributed by atoms with Crippen LogP contribution in [0.25, 0.3) is 0 Å². The molecular formula is C12H14ClN3. The van der Waals surface area contributed by atoms with Gasteiger partial charge in [0.05, 0.1) is 6.33 Å². The molecule has 1 heterocycles. The molecule has 84 valence electrons. The molecule has 2 aromatic rings. The van der Waals surface area contributed by atoms with Gasteiger partial charge in [-0.3, -0.25) is 0 Å². The summed E-state index contributed by atoms with van der Waals surface area (Å²) in [6.45, 7) is 1.87. The minimum absolute atomic E-state index is 0.552. The summed E-state index contributed by atoms with van der Waals surface area (Å²) in [5, 5.41) is 3.91. The molecule has 16 heavy (non-hydrogen) atoms. The summed E-state index contributed by atoms with van der Waals surface area (Å²) in [6.07, 6.45) is 4.64. The number of para-hydroxylation sites is 1. The molecule has 4 heteroatoms. The number of hydrogen-bond donors (Lipinski definition) is 1. The van der Waals surface area contributed by atoms with Gasteiger partial charge in [0.2, 0.25) is 0 Å². The molecule has 3 nitrogen and oxygen atoms in total. The second-order valence-electron chi connectivity index (χ2n) is 3.58. The van der Waals surface area contributed by atoms with Crippen LogP contribution >= 0.6 is 11.6 Å².